The molecule has 0 unspecified atom stereocenters. The third kappa shape index (κ3) is 8.23. The van der Waals surface area contributed by atoms with Gasteiger partial charge < -0.3 is 4.74 Å². The third-order valence-corrected chi connectivity index (χ3v) is 7.28. The van der Waals surface area contributed by atoms with Crippen LogP contribution < -0.4 is 4.74 Å². The number of unbranched alkanes of at least 4 members (excludes halogenated alkanes) is 3. The summed E-state index contributed by atoms with van der Waals surface area (Å²) in [5, 5.41) is 0.00124. The van der Waals surface area contributed by atoms with E-state index in [1.54, 1.807) is 24.3 Å². The number of ether oxygens (including phenoxy) is 1. The molecule has 1 aromatic rings. The summed E-state index contributed by atoms with van der Waals surface area (Å²) in [6, 6.07) is 6.38. The van der Waals surface area contributed by atoms with Gasteiger partial charge in [-0.15, -0.1) is 0 Å². The van der Waals surface area contributed by atoms with Crippen molar-refractivity contribution >= 4 is 26.9 Å². The molecule has 5 nitrogen and oxygen atoms in total. The second-order valence-electron chi connectivity index (χ2n) is 6.65. The van der Waals surface area contributed by atoms with Crippen LogP contribution in [0, 0.1) is 0 Å². The van der Waals surface area contributed by atoms with Crippen LogP contribution in [-0.2, 0) is 14.8 Å². The number of thioether (sulfide) groups is 1. The van der Waals surface area contributed by atoms with Crippen molar-refractivity contribution in [3.05, 3.63) is 24.3 Å². The van der Waals surface area contributed by atoms with Crippen molar-refractivity contribution in [2.45, 2.75) is 70.7 Å². The van der Waals surface area contributed by atoms with Crippen molar-refractivity contribution in [2.24, 2.45) is 0 Å². The van der Waals surface area contributed by atoms with Crippen molar-refractivity contribution in [2.75, 3.05) is 18.9 Å². The van der Waals surface area contributed by atoms with Gasteiger partial charge in [0.05, 0.1) is 11.5 Å². The first-order chi connectivity index (χ1) is 12.8. The van der Waals surface area contributed by atoms with Gasteiger partial charge in [0.1, 0.15) is 5.75 Å². The van der Waals surface area contributed by atoms with Crippen LogP contribution in [0.4, 0.5) is 0 Å². The Kier molecular flexibility index (Phi) is 11.0. The number of hydrogen-bond acceptors (Lipinski definition) is 5. The summed E-state index contributed by atoms with van der Waals surface area (Å²) in [6.07, 6.45) is 4.83. The average Bonchev–Trinajstić information content (AvgIpc) is 2.64. The van der Waals surface area contributed by atoms with Crippen LogP contribution in [-0.4, -0.2) is 42.8 Å². The van der Waals surface area contributed by atoms with Gasteiger partial charge >= 0.3 is 0 Å². The zero-order valence-corrected chi connectivity index (χ0v) is 18.6. The van der Waals surface area contributed by atoms with E-state index < -0.39 is 10.0 Å². The molecule has 0 fully saturated rings. The number of nitrogens with zero attached hydrogens (tertiary/aromatic N) is 1. The highest BCUT2D eigenvalue weighted by Crippen LogP contribution is 2.23. The van der Waals surface area contributed by atoms with Gasteiger partial charge in [-0.05, 0) is 44.0 Å². The second kappa shape index (κ2) is 12.4. The fourth-order valence-corrected chi connectivity index (χ4v) is 5.01. The van der Waals surface area contributed by atoms with Gasteiger partial charge in [-0.1, -0.05) is 44.9 Å². The number of sulfonamides is 1. The minimum absolute atomic E-state index is 0.00124. The Morgan fingerprint density at radius 1 is 1.11 bits per heavy atom. The molecule has 0 amide bonds. The summed E-state index contributed by atoms with van der Waals surface area (Å²) in [6.45, 7) is 8.64. The fraction of sp³-hybridized carbons (Fsp3) is 0.650. The molecule has 1 atom stereocenters. The molecule has 0 aromatic heterocycles. The normalized spacial score (nSPS) is 12.9. The van der Waals surface area contributed by atoms with E-state index in [9.17, 15) is 13.2 Å². The van der Waals surface area contributed by atoms with E-state index in [2.05, 4.69) is 13.8 Å². The van der Waals surface area contributed by atoms with E-state index in [0.717, 1.165) is 32.1 Å². The van der Waals surface area contributed by atoms with Gasteiger partial charge in [0.2, 0.25) is 10.0 Å². The monoisotopic (exact) mass is 415 g/mol. The molecule has 154 valence electrons. The molecule has 1 rings (SSSR count). The SMILES string of the molecule is CCCCCN([C@H](C)CSC(C)=O)S(=O)(=O)c1ccc(OCCCC)cc1. The summed E-state index contributed by atoms with van der Waals surface area (Å²) in [7, 11) is -3.62. The van der Waals surface area contributed by atoms with Crippen molar-refractivity contribution in [3.8, 4) is 5.75 Å². The number of benzene rings is 1. The molecule has 27 heavy (non-hydrogen) atoms. The maximum atomic E-state index is 13.2. The first kappa shape index (κ1) is 24.0. The highest BCUT2D eigenvalue weighted by atomic mass is 32.2. The van der Waals surface area contributed by atoms with E-state index in [-0.39, 0.29) is 16.1 Å². The Morgan fingerprint density at radius 2 is 1.74 bits per heavy atom. The molecule has 0 saturated carbocycles. The molecule has 0 N–H and O–H groups in total. The maximum Gasteiger partial charge on any atom is 0.243 e. The number of rotatable bonds is 13. The van der Waals surface area contributed by atoms with Crippen LogP contribution in [0.25, 0.3) is 0 Å². The van der Waals surface area contributed by atoms with Gasteiger partial charge in [-0.2, -0.15) is 4.31 Å². The van der Waals surface area contributed by atoms with E-state index in [1.807, 2.05) is 6.92 Å². The van der Waals surface area contributed by atoms with Crippen molar-refractivity contribution in [3.63, 3.8) is 0 Å². The summed E-state index contributed by atoms with van der Waals surface area (Å²) in [5.74, 6) is 1.14. The lowest BCUT2D eigenvalue weighted by Gasteiger charge is -2.28. The highest BCUT2D eigenvalue weighted by molar-refractivity contribution is 8.13. The average molecular weight is 416 g/mol. The molecule has 1 aromatic carbocycles. The molecular formula is C20H33NO4S2. The van der Waals surface area contributed by atoms with Gasteiger partial charge in [0.25, 0.3) is 0 Å². The molecule has 0 aliphatic rings. The molecule has 0 aliphatic carbocycles. The van der Waals surface area contributed by atoms with Gasteiger partial charge in [0, 0.05) is 25.3 Å². The van der Waals surface area contributed by atoms with Crippen LogP contribution >= 0.6 is 11.8 Å². The lowest BCUT2D eigenvalue weighted by molar-refractivity contribution is -0.109. The third-order valence-electron chi connectivity index (χ3n) is 4.20. The summed E-state index contributed by atoms with van der Waals surface area (Å²) < 4.78 is 33.5. The molecule has 0 bridgehead atoms. The molecule has 0 spiro atoms. The molecule has 0 saturated heterocycles. The number of hydrogen-bond donors (Lipinski definition) is 0. The lowest BCUT2D eigenvalue weighted by Crippen LogP contribution is -2.40. The summed E-state index contributed by atoms with van der Waals surface area (Å²) in [5.41, 5.74) is 0. The van der Waals surface area contributed by atoms with E-state index in [0.29, 0.717) is 24.7 Å². The van der Waals surface area contributed by atoms with Crippen molar-refractivity contribution in [1.82, 2.24) is 4.31 Å². The molecular weight excluding hydrogens is 382 g/mol. The Hall–Kier alpha value is -1.05. The first-order valence-corrected chi connectivity index (χ1v) is 12.1. The largest absolute Gasteiger partial charge is 0.494 e. The Labute approximate surface area is 168 Å². The highest BCUT2D eigenvalue weighted by Gasteiger charge is 2.29. The van der Waals surface area contributed by atoms with Gasteiger partial charge in [-0.25, -0.2) is 8.42 Å². The standard InChI is InChI=1S/C20H33NO4S2/c1-5-7-9-14-21(17(3)16-26-18(4)22)27(23,24)20-12-10-19(11-13-20)25-15-8-6-2/h10-13,17H,5-9,14-16H2,1-4H3/t17-/m1/s1. The second-order valence-corrected chi connectivity index (χ2v) is 9.74. The zero-order valence-electron chi connectivity index (χ0n) is 16.9. The van der Waals surface area contributed by atoms with E-state index >= 15 is 0 Å². The maximum absolute atomic E-state index is 13.2. The van der Waals surface area contributed by atoms with Crippen LogP contribution in [0.2, 0.25) is 0 Å². The minimum Gasteiger partial charge on any atom is -0.494 e. The molecule has 0 radical (unpaired) electrons. The van der Waals surface area contributed by atoms with Crippen LogP contribution in [0.15, 0.2) is 29.2 Å². The predicted octanol–water partition coefficient (Wildman–Crippen LogP) is 4.71. The Morgan fingerprint density at radius 3 is 2.30 bits per heavy atom. The van der Waals surface area contributed by atoms with Crippen LogP contribution in [0.3, 0.4) is 0 Å². The van der Waals surface area contributed by atoms with E-state index in [4.69, 9.17) is 4.74 Å². The fourth-order valence-electron chi connectivity index (χ4n) is 2.59. The minimum atomic E-state index is -3.62. The van der Waals surface area contributed by atoms with Crippen molar-refractivity contribution < 1.29 is 17.9 Å². The smallest absolute Gasteiger partial charge is 0.243 e. The Bertz CT molecular complexity index is 659. The summed E-state index contributed by atoms with van der Waals surface area (Å²) >= 11 is 1.17. The predicted molar refractivity (Wildman–Crippen MR) is 113 cm³/mol. The van der Waals surface area contributed by atoms with Crippen LogP contribution in [0.1, 0.15) is 59.8 Å². The first-order valence-electron chi connectivity index (χ1n) is 9.71. The van der Waals surface area contributed by atoms with Gasteiger partial charge in [-0.3, -0.25) is 4.79 Å². The van der Waals surface area contributed by atoms with Crippen LogP contribution in [0.5, 0.6) is 5.75 Å². The number of carbonyl (C=O) groups is 1. The van der Waals surface area contributed by atoms with Gasteiger partial charge in [0.15, 0.2) is 5.12 Å². The zero-order chi connectivity index (χ0) is 20.3. The molecule has 0 heterocycles. The van der Waals surface area contributed by atoms with E-state index in [1.165, 1.54) is 23.0 Å². The van der Waals surface area contributed by atoms with Crippen molar-refractivity contribution in [1.29, 1.82) is 0 Å². The molecule has 7 heteroatoms. The Balaban J connectivity index is 2.94. The topological polar surface area (TPSA) is 63.7 Å². The number of carbonyl (C=O) groups excluding carboxylic acids is 1. The summed E-state index contributed by atoms with van der Waals surface area (Å²) in [4.78, 5) is 11.5. The molecule has 0 aliphatic heterocycles. The quantitative estimate of drug-likeness (QED) is 0.436. The lowest BCUT2D eigenvalue weighted by atomic mass is 10.2.